The van der Waals surface area contributed by atoms with E-state index in [1.54, 1.807) is 11.8 Å². The average molecular weight is 233 g/mol. The van der Waals surface area contributed by atoms with Crippen LogP contribution in [0.3, 0.4) is 0 Å². The van der Waals surface area contributed by atoms with Crippen molar-refractivity contribution in [1.82, 2.24) is 4.90 Å². The molecule has 0 unspecified atom stereocenters. The van der Waals surface area contributed by atoms with Gasteiger partial charge < -0.3 is 4.90 Å². The molecule has 94 valence electrons. The van der Waals surface area contributed by atoms with Crippen LogP contribution >= 0.6 is 0 Å². The van der Waals surface area contributed by atoms with Gasteiger partial charge in [0.05, 0.1) is 0 Å². The fourth-order valence-corrected chi connectivity index (χ4v) is 1.68. The van der Waals surface area contributed by atoms with E-state index in [1.165, 1.54) is 16.7 Å². The van der Waals surface area contributed by atoms with E-state index in [9.17, 15) is 4.79 Å². The highest BCUT2D eigenvalue weighted by molar-refractivity contribution is 5.72. The molecule has 17 heavy (non-hydrogen) atoms. The Hall–Kier alpha value is -1.31. The molecule has 0 aromatic heterocycles. The van der Waals surface area contributed by atoms with Gasteiger partial charge in [0.1, 0.15) is 0 Å². The van der Waals surface area contributed by atoms with Gasteiger partial charge in [0.2, 0.25) is 5.91 Å². The van der Waals surface area contributed by atoms with Crippen LogP contribution in [0.5, 0.6) is 0 Å². The van der Waals surface area contributed by atoms with Gasteiger partial charge in [-0.15, -0.1) is 0 Å². The molecule has 0 fully saturated rings. The Morgan fingerprint density at radius 1 is 1.29 bits per heavy atom. The number of aryl methyl sites for hydroxylation is 1. The Bertz CT molecular complexity index is 415. The van der Waals surface area contributed by atoms with Crippen molar-refractivity contribution in [2.45, 2.75) is 46.6 Å². The average Bonchev–Trinajstić information content (AvgIpc) is 2.19. The molecule has 0 saturated carbocycles. The summed E-state index contributed by atoms with van der Waals surface area (Å²) < 4.78 is 0. The lowest BCUT2D eigenvalue weighted by molar-refractivity contribution is -0.128. The molecule has 0 heterocycles. The largest absolute Gasteiger partial charge is 0.342 e. The zero-order valence-corrected chi connectivity index (χ0v) is 11.8. The molecule has 0 N–H and O–H groups in total. The van der Waals surface area contributed by atoms with E-state index in [0.29, 0.717) is 6.54 Å². The molecule has 0 spiro atoms. The summed E-state index contributed by atoms with van der Waals surface area (Å²) in [4.78, 5) is 13.0. The Kier molecular flexibility index (Phi) is 3.97. The number of amides is 1. The van der Waals surface area contributed by atoms with Gasteiger partial charge in [-0.2, -0.15) is 0 Å². The summed E-state index contributed by atoms with van der Waals surface area (Å²) in [6.07, 6.45) is 0. The molecule has 0 atom stereocenters. The first-order valence-corrected chi connectivity index (χ1v) is 6.03. The normalized spacial score (nSPS) is 11.4. The Morgan fingerprint density at radius 3 is 2.35 bits per heavy atom. The number of carbonyl (C=O) groups excluding carboxylic acids is 1. The third-order valence-corrected chi connectivity index (χ3v) is 3.16. The van der Waals surface area contributed by atoms with Crippen LogP contribution in [0.25, 0.3) is 0 Å². The van der Waals surface area contributed by atoms with Gasteiger partial charge in [0.25, 0.3) is 0 Å². The Morgan fingerprint density at radius 2 is 1.88 bits per heavy atom. The van der Waals surface area contributed by atoms with Crippen molar-refractivity contribution in [3.05, 3.63) is 34.9 Å². The quantitative estimate of drug-likeness (QED) is 0.767. The minimum absolute atomic E-state index is 0.102. The van der Waals surface area contributed by atoms with E-state index < -0.39 is 0 Å². The van der Waals surface area contributed by atoms with E-state index in [4.69, 9.17) is 0 Å². The lowest BCUT2D eigenvalue weighted by atomic mass is 9.85. The van der Waals surface area contributed by atoms with Gasteiger partial charge in [-0.05, 0) is 29.0 Å². The predicted octanol–water partition coefficient (Wildman–Crippen LogP) is 3.27. The molecule has 0 radical (unpaired) electrons. The zero-order chi connectivity index (χ0) is 13.2. The van der Waals surface area contributed by atoms with Crippen molar-refractivity contribution in [3.63, 3.8) is 0 Å². The van der Waals surface area contributed by atoms with Crippen molar-refractivity contribution in [2.75, 3.05) is 7.05 Å². The maximum Gasteiger partial charge on any atom is 0.219 e. The minimum Gasteiger partial charge on any atom is -0.342 e. The zero-order valence-electron chi connectivity index (χ0n) is 11.8. The third-order valence-electron chi connectivity index (χ3n) is 3.16. The number of rotatable bonds is 2. The maximum atomic E-state index is 11.3. The highest BCUT2D eigenvalue weighted by Gasteiger charge is 2.15. The monoisotopic (exact) mass is 233 g/mol. The van der Waals surface area contributed by atoms with Crippen molar-refractivity contribution in [2.24, 2.45) is 0 Å². The van der Waals surface area contributed by atoms with Crippen LogP contribution < -0.4 is 0 Å². The third kappa shape index (κ3) is 3.58. The molecule has 2 heteroatoms. The van der Waals surface area contributed by atoms with Crippen molar-refractivity contribution in [1.29, 1.82) is 0 Å². The standard InChI is InChI=1S/C15H23NO/c1-11-7-8-14(15(3,4)5)9-13(11)10-16(6)12(2)17/h7-9H,10H2,1-6H3. The number of carbonyl (C=O) groups is 1. The molecule has 0 aliphatic rings. The molecule has 2 nitrogen and oxygen atoms in total. The Labute approximate surface area is 105 Å². The lowest BCUT2D eigenvalue weighted by Gasteiger charge is -2.22. The predicted molar refractivity (Wildman–Crippen MR) is 72.0 cm³/mol. The molecule has 1 aromatic rings. The minimum atomic E-state index is 0.102. The van der Waals surface area contributed by atoms with E-state index in [2.05, 4.69) is 45.9 Å². The summed E-state index contributed by atoms with van der Waals surface area (Å²) in [5, 5.41) is 0. The first-order chi connectivity index (χ1) is 7.71. The summed E-state index contributed by atoms with van der Waals surface area (Å²) in [6, 6.07) is 6.53. The summed E-state index contributed by atoms with van der Waals surface area (Å²) in [5.74, 6) is 0.102. The summed E-state index contributed by atoms with van der Waals surface area (Å²) in [7, 11) is 1.84. The first kappa shape index (κ1) is 13.8. The maximum absolute atomic E-state index is 11.3. The number of benzene rings is 1. The Balaban J connectivity index is 3.03. The first-order valence-electron chi connectivity index (χ1n) is 6.03. The SMILES string of the molecule is CC(=O)N(C)Cc1cc(C(C)(C)C)ccc1C. The van der Waals surface area contributed by atoms with Crippen LogP contribution in [0.1, 0.15) is 44.4 Å². The highest BCUT2D eigenvalue weighted by Crippen LogP contribution is 2.24. The molecule has 0 aliphatic carbocycles. The van der Waals surface area contributed by atoms with Crippen LogP contribution in [0.15, 0.2) is 18.2 Å². The second kappa shape index (κ2) is 4.91. The second-order valence-corrected chi connectivity index (χ2v) is 5.77. The van der Waals surface area contributed by atoms with E-state index in [0.717, 1.165) is 0 Å². The fourth-order valence-electron chi connectivity index (χ4n) is 1.68. The van der Waals surface area contributed by atoms with Gasteiger partial charge in [-0.1, -0.05) is 39.0 Å². The number of hydrogen-bond acceptors (Lipinski definition) is 1. The summed E-state index contributed by atoms with van der Waals surface area (Å²) in [5.41, 5.74) is 3.94. The number of nitrogens with zero attached hydrogens (tertiary/aromatic N) is 1. The second-order valence-electron chi connectivity index (χ2n) is 5.77. The fraction of sp³-hybridized carbons (Fsp3) is 0.533. The van der Waals surface area contributed by atoms with E-state index in [-0.39, 0.29) is 11.3 Å². The molecule has 1 rings (SSSR count). The van der Waals surface area contributed by atoms with Crippen LogP contribution in [0, 0.1) is 6.92 Å². The molecule has 1 aromatic carbocycles. The molecular weight excluding hydrogens is 210 g/mol. The van der Waals surface area contributed by atoms with Crippen molar-refractivity contribution >= 4 is 5.91 Å². The molecule has 1 amide bonds. The van der Waals surface area contributed by atoms with Crippen molar-refractivity contribution < 1.29 is 4.79 Å². The van der Waals surface area contributed by atoms with Gasteiger partial charge in [-0.25, -0.2) is 0 Å². The molecule has 0 aliphatic heterocycles. The smallest absolute Gasteiger partial charge is 0.219 e. The van der Waals surface area contributed by atoms with Crippen molar-refractivity contribution in [3.8, 4) is 0 Å². The van der Waals surface area contributed by atoms with E-state index in [1.807, 2.05) is 7.05 Å². The molecule has 0 bridgehead atoms. The van der Waals surface area contributed by atoms with Crippen LogP contribution in [-0.2, 0) is 16.8 Å². The van der Waals surface area contributed by atoms with Gasteiger partial charge in [-0.3, -0.25) is 4.79 Å². The van der Waals surface area contributed by atoms with Gasteiger partial charge in [0.15, 0.2) is 0 Å². The number of hydrogen-bond donors (Lipinski definition) is 0. The van der Waals surface area contributed by atoms with Crippen LogP contribution in [0.2, 0.25) is 0 Å². The molecule has 0 saturated heterocycles. The molecular formula is C15H23NO. The highest BCUT2D eigenvalue weighted by atomic mass is 16.2. The topological polar surface area (TPSA) is 20.3 Å². The summed E-state index contributed by atoms with van der Waals surface area (Å²) in [6.45, 7) is 11.0. The van der Waals surface area contributed by atoms with Crippen LogP contribution in [0.4, 0.5) is 0 Å². The van der Waals surface area contributed by atoms with Crippen LogP contribution in [-0.4, -0.2) is 17.9 Å². The van der Waals surface area contributed by atoms with Gasteiger partial charge >= 0.3 is 0 Å². The summed E-state index contributed by atoms with van der Waals surface area (Å²) >= 11 is 0. The van der Waals surface area contributed by atoms with Gasteiger partial charge in [0, 0.05) is 20.5 Å². The van der Waals surface area contributed by atoms with E-state index >= 15 is 0 Å². The lowest BCUT2D eigenvalue weighted by Crippen LogP contribution is -2.24.